The van der Waals surface area contributed by atoms with Gasteiger partial charge in [0.2, 0.25) is 0 Å². The van der Waals surface area contributed by atoms with Crippen molar-refractivity contribution in [2.45, 2.75) is 0 Å². The first-order valence-corrected chi connectivity index (χ1v) is 6.66. The maximum Gasteiger partial charge on any atom is 0.144 e. The van der Waals surface area contributed by atoms with Crippen molar-refractivity contribution in [3.05, 3.63) is 50.9 Å². The molecule has 0 spiro atoms. The zero-order valence-corrected chi connectivity index (χ0v) is 12.3. The summed E-state index contributed by atoms with van der Waals surface area (Å²) in [5, 5.41) is 19.2. The monoisotopic (exact) mass is 369 g/mol. The number of para-hydroxylation sites is 1. The van der Waals surface area contributed by atoms with Crippen molar-refractivity contribution in [1.82, 2.24) is 0 Å². The molecule has 2 N–H and O–H groups in total. The van der Waals surface area contributed by atoms with Gasteiger partial charge in [-0.3, -0.25) is 4.99 Å². The van der Waals surface area contributed by atoms with Crippen LogP contribution in [0.1, 0.15) is 5.56 Å². The van der Waals surface area contributed by atoms with E-state index < -0.39 is 0 Å². The Bertz CT molecular complexity index is 589. The second-order valence-electron chi connectivity index (χ2n) is 3.58. The summed E-state index contributed by atoms with van der Waals surface area (Å²) in [6.45, 7) is 0. The lowest BCUT2D eigenvalue weighted by atomic mass is 10.2. The van der Waals surface area contributed by atoms with Crippen LogP contribution < -0.4 is 0 Å². The van der Waals surface area contributed by atoms with E-state index in [1.807, 2.05) is 6.07 Å². The Morgan fingerprint density at radius 1 is 1.00 bits per heavy atom. The third kappa shape index (κ3) is 2.91. The van der Waals surface area contributed by atoms with Crippen molar-refractivity contribution in [2.24, 2.45) is 4.99 Å². The smallest absolute Gasteiger partial charge is 0.144 e. The Kier molecular flexibility index (Phi) is 4.04. The molecule has 2 aromatic rings. The highest BCUT2D eigenvalue weighted by Crippen LogP contribution is 2.36. The van der Waals surface area contributed by atoms with Crippen LogP contribution in [0.2, 0.25) is 0 Å². The number of rotatable bonds is 2. The summed E-state index contributed by atoms with van der Waals surface area (Å²) in [5.74, 6) is 0.315. The van der Waals surface area contributed by atoms with Gasteiger partial charge in [-0.2, -0.15) is 0 Å². The normalized spacial score (nSPS) is 11.0. The molecular formula is C13H9Br2NO2. The number of halogens is 2. The number of aromatic hydroxyl groups is 2. The molecule has 2 rings (SSSR count). The molecule has 0 bridgehead atoms. The molecule has 0 radical (unpaired) electrons. The molecule has 18 heavy (non-hydrogen) atoms. The largest absolute Gasteiger partial charge is 0.507 e. The first-order chi connectivity index (χ1) is 8.58. The maximum absolute atomic E-state index is 9.59. The Hall–Kier alpha value is -1.33. The number of phenolic OH excluding ortho intramolecular Hbond substituents is 2. The highest BCUT2D eigenvalue weighted by molar-refractivity contribution is 9.11. The van der Waals surface area contributed by atoms with Gasteiger partial charge in [-0.1, -0.05) is 12.1 Å². The van der Waals surface area contributed by atoms with Crippen molar-refractivity contribution < 1.29 is 10.2 Å². The molecule has 0 heterocycles. The van der Waals surface area contributed by atoms with Crippen LogP contribution in [0.5, 0.6) is 11.5 Å². The van der Waals surface area contributed by atoms with Crippen LogP contribution in [0, 0.1) is 0 Å². The van der Waals surface area contributed by atoms with E-state index in [9.17, 15) is 10.2 Å². The molecule has 92 valence electrons. The highest BCUT2D eigenvalue weighted by Gasteiger charge is 2.05. The van der Waals surface area contributed by atoms with Gasteiger partial charge in [-0.25, -0.2) is 0 Å². The standard InChI is InChI=1S/C13H9Br2NO2/c14-10-5-9(6-11(15)13(10)18)16-7-8-3-1-2-4-12(8)17/h1-7,17-18H. The predicted octanol–water partition coefficient (Wildman–Crippen LogP) is 4.37. The molecule has 0 amide bonds. The van der Waals surface area contributed by atoms with Gasteiger partial charge < -0.3 is 10.2 Å². The van der Waals surface area contributed by atoms with E-state index in [1.54, 1.807) is 36.5 Å². The Labute approximate surface area is 121 Å². The molecule has 0 saturated carbocycles. The Balaban J connectivity index is 2.33. The van der Waals surface area contributed by atoms with Crippen molar-refractivity contribution in [3.8, 4) is 11.5 Å². The van der Waals surface area contributed by atoms with Gasteiger partial charge in [0.05, 0.1) is 14.6 Å². The van der Waals surface area contributed by atoms with Crippen molar-refractivity contribution in [2.75, 3.05) is 0 Å². The molecule has 2 aromatic carbocycles. The number of phenols is 2. The lowest BCUT2D eigenvalue weighted by Gasteiger charge is -2.02. The van der Waals surface area contributed by atoms with Crippen LogP contribution in [0.4, 0.5) is 5.69 Å². The van der Waals surface area contributed by atoms with E-state index in [4.69, 9.17) is 0 Å². The molecule has 0 aliphatic rings. The molecule has 0 atom stereocenters. The van der Waals surface area contributed by atoms with Gasteiger partial charge in [-0.05, 0) is 56.1 Å². The summed E-state index contributed by atoms with van der Waals surface area (Å²) in [6, 6.07) is 10.3. The number of hydrogen-bond donors (Lipinski definition) is 2. The Morgan fingerprint density at radius 2 is 1.61 bits per heavy atom. The summed E-state index contributed by atoms with van der Waals surface area (Å²) in [6.07, 6.45) is 1.57. The molecule has 3 nitrogen and oxygen atoms in total. The van der Waals surface area contributed by atoms with E-state index in [0.29, 0.717) is 20.2 Å². The molecular weight excluding hydrogens is 362 g/mol. The molecule has 0 saturated heterocycles. The van der Waals surface area contributed by atoms with Crippen molar-refractivity contribution >= 4 is 43.8 Å². The fourth-order valence-corrected chi connectivity index (χ4v) is 2.53. The lowest BCUT2D eigenvalue weighted by molar-refractivity contribution is 0.468. The topological polar surface area (TPSA) is 52.8 Å². The van der Waals surface area contributed by atoms with Crippen LogP contribution in [-0.4, -0.2) is 16.4 Å². The molecule has 5 heteroatoms. The van der Waals surface area contributed by atoms with E-state index in [1.165, 1.54) is 0 Å². The molecule has 0 aliphatic heterocycles. The van der Waals surface area contributed by atoms with E-state index in [2.05, 4.69) is 36.9 Å². The van der Waals surface area contributed by atoms with Crippen LogP contribution >= 0.6 is 31.9 Å². The number of benzene rings is 2. The van der Waals surface area contributed by atoms with Gasteiger partial charge in [-0.15, -0.1) is 0 Å². The second kappa shape index (κ2) is 5.54. The number of aliphatic imine (C=N–C) groups is 1. The Morgan fingerprint density at radius 3 is 2.22 bits per heavy atom. The van der Waals surface area contributed by atoms with Crippen LogP contribution in [0.25, 0.3) is 0 Å². The average molecular weight is 371 g/mol. The first-order valence-electron chi connectivity index (χ1n) is 5.08. The van der Waals surface area contributed by atoms with E-state index in [-0.39, 0.29) is 11.5 Å². The van der Waals surface area contributed by atoms with Gasteiger partial charge in [0, 0.05) is 11.8 Å². The quantitative estimate of drug-likeness (QED) is 0.771. The van der Waals surface area contributed by atoms with E-state index in [0.717, 1.165) is 0 Å². The second-order valence-corrected chi connectivity index (χ2v) is 5.28. The minimum atomic E-state index is 0.136. The number of nitrogens with zero attached hydrogens (tertiary/aromatic N) is 1. The molecule has 0 fully saturated rings. The SMILES string of the molecule is Oc1ccccc1C=Nc1cc(Br)c(O)c(Br)c1. The average Bonchev–Trinajstić information content (AvgIpc) is 2.35. The maximum atomic E-state index is 9.59. The first kappa shape index (κ1) is 13.1. The highest BCUT2D eigenvalue weighted by atomic mass is 79.9. The van der Waals surface area contributed by atoms with Crippen molar-refractivity contribution in [1.29, 1.82) is 0 Å². The summed E-state index contributed by atoms with van der Waals surface area (Å²) in [7, 11) is 0. The van der Waals surface area contributed by atoms with Crippen LogP contribution in [0.15, 0.2) is 50.3 Å². The van der Waals surface area contributed by atoms with Crippen LogP contribution in [-0.2, 0) is 0 Å². The minimum Gasteiger partial charge on any atom is -0.507 e. The van der Waals surface area contributed by atoms with Gasteiger partial charge in [0.15, 0.2) is 0 Å². The van der Waals surface area contributed by atoms with Gasteiger partial charge in [0.1, 0.15) is 11.5 Å². The fourth-order valence-electron chi connectivity index (χ4n) is 1.37. The minimum absolute atomic E-state index is 0.136. The third-order valence-electron chi connectivity index (χ3n) is 2.29. The van der Waals surface area contributed by atoms with E-state index >= 15 is 0 Å². The molecule has 0 aromatic heterocycles. The zero-order valence-electron chi connectivity index (χ0n) is 9.14. The zero-order chi connectivity index (χ0) is 13.1. The predicted molar refractivity (Wildman–Crippen MR) is 78.9 cm³/mol. The lowest BCUT2D eigenvalue weighted by Crippen LogP contribution is -1.81. The molecule has 0 aliphatic carbocycles. The van der Waals surface area contributed by atoms with Crippen molar-refractivity contribution in [3.63, 3.8) is 0 Å². The fraction of sp³-hybridized carbons (Fsp3) is 0. The summed E-state index contributed by atoms with van der Waals surface area (Å²) in [4.78, 5) is 4.24. The molecule has 0 unspecified atom stereocenters. The van der Waals surface area contributed by atoms with Gasteiger partial charge in [0.25, 0.3) is 0 Å². The summed E-state index contributed by atoms with van der Waals surface area (Å²) in [5.41, 5.74) is 1.30. The van der Waals surface area contributed by atoms with Crippen LogP contribution in [0.3, 0.4) is 0 Å². The third-order valence-corrected chi connectivity index (χ3v) is 3.50. The summed E-state index contributed by atoms with van der Waals surface area (Å²) >= 11 is 6.47. The van der Waals surface area contributed by atoms with Gasteiger partial charge >= 0.3 is 0 Å². The summed E-state index contributed by atoms with van der Waals surface area (Å²) < 4.78 is 1.11. The number of hydrogen-bond acceptors (Lipinski definition) is 3.